The molecule has 2 rings (SSSR count). The van der Waals surface area contributed by atoms with Gasteiger partial charge in [-0.15, -0.1) is 0 Å². The topological polar surface area (TPSA) is 0 Å². The summed E-state index contributed by atoms with van der Waals surface area (Å²) >= 11 is 7.03. The lowest BCUT2D eigenvalue weighted by molar-refractivity contribution is 0.522. The molecule has 0 aliphatic heterocycles. The summed E-state index contributed by atoms with van der Waals surface area (Å²) in [5.41, 5.74) is 2.01. The number of benzene rings is 1. The lowest BCUT2D eigenvalue weighted by atomic mass is 9.96. The van der Waals surface area contributed by atoms with Crippen molar-refractivity contribution in [3.63, 3.8) is 0 Å². The quantitative estimate of drug-likeness (QED) is 0.724. The Hall–Kier alpha value is 0.180. The van der Waals surface area contributed by atoms with Gasteiger partial charge >= 0.3 is 0 Å². The minimum absolute atomic E-state index is 0.553. The second kappa shape index (κ2) is 3.97. The van der Waals surface area contributed by atoms with Crippen LogP contribution < -0.4 is 0 Å². The Bertz CT molecular complexity index is 318. The maximum absolute atomic E-state index is 3.57. The zero-order valence-corrected chi connectivity index (χ0v) is 11.4. The highest BCUT2D eigenvalue weighted by Gasteiger charge is 2.48. The van der Waals surface area contributed by atoms with E-state index in [0.29, 0.717) is 5.41 Å². The molecule has 1 aromatic rings. The summed E-state index contributed by atoms with van der Waals surface area (Å²) in [4.78, 5) is 0. The molecular formula is C12H14Br2. The normalized spacial score (nSPS) is 30.4. The van der Waals surface area contributed by atoms with Crippen LogP contribution in [0.2, 0.25) is 0 Å². The van der Waals surface area contributed by atoms with Crippen molar-refractivity contribution in [3.05, 3.63) is 34.3 Å². The van der Waals surface area contributed by atoms with Crippen LogP contribution in [0, 0.1) is 11.3 Å². The van der Waals surface area contributed by atoms with E-state index in [1.165, 1.54) is 22.9 Å². The van der Waals surface area contributed by atoms with E-state index in [-0.39, 0.29) is 0 Å². The van der Waals surface area contributed by atoms with Gasteiger partial charge in [-0.3, -0.25) is 0 Å². The van der Waals surface area contributed by atoms with Crippen LogP contribution in [-0.2, 0) is 6.42 Å². The molecule has 1 saturated carbocycles. The van der Waals surface area contributed by atoms with Gasteiger partial charge in [0.15, 0.2) is 0 Å². The molecule has 2 atom stereocenters. The fourth-order valence-corrected chi connectivity index (χ4v) is 3.30. The molecule has 0 bridgehead atoms. The average molecular weight is 318 g/mol. The van der Waals surface area contributed by atoms with Crippen LogP contribution in [0.4, 0.5) is 0 Å². The molecule has 2 unspecified atom stereocenters. The summed E-state index contributed by atoms with van der Waals surface area (Å²) in [6.45, 7) is 2.39. The highest BCUT2D eigenvalue weighted by Crippen LogP contribution is 2.55. The average Bonchev–Trinajstić information content (AvgIpc) is 2.81. The highest BCUT2D eigenvalue weighted by molar-refractivity contribution is 9.10. The highest BCUT2D eigenvalue weighted by atomic mass is 79.9. The van der Waals surface area contributed by atoms with Crippen LogP contribution in [0.3, 0.4) is 0 Å². The van der Waals surface area contributed by atoms with E-state index >= 15 is 0 Å². The van der Waals surface area contributed by atoms with Gasteiger partial charge < -0.3 is 0 Å². The van der Waals surface area contributed by atoms with Crippen molar-refractivity contribution in [2.45, 2.75) is 19.8 Å². The van der Waals surface area contributed by atoms with Crippen LogP contribution in [0.1, 0.15) is 18.9 Å². The van der Waals surface area contributed by atoms with Gasteiger partial charge in [-0.2, -0.15) is 0 Å². The number of hydrogen-bond donors (Lipinski definition) is 0. The monoisotopic (exact) mass is 316 g/mol. The largest absolute Gasteiger partial charge is 0.0925 e. The van der Waals surface area contributed by atoms with Crippen molar-refractivity contribution in [1.82, 2.24) is 0 Å². The molecule has 0 amide bonds. The molecule has 0 heterocycles. The second-order valence-corrected chi connectivity index (χ2v) is 6.08. The Morgan fingerprint density at radius 1 is 1.36 bits per heavy atom. The van der Waals surface area contributed by atoms with Crippen molar-refractivity contribution < 1.29 is 0 Å². The minimum atomic E-state index is 0.553. The molecule has 0 nitrogen and oxygen atoms in total. The van der Waals surface area contributed by atoms with Gasteiger partial charge in [0.2, 0.25) is 0 Å². The van der Waals surface area contributed by atoms with Gasteiger partial charge in [-0.25, -0.2) is 0 Å². The van der Waals surface area contributed by atoms with E-state index < -0.39 is 0 Å². The first kappa shape index (κ1) is 10.7. The van der Waals surface area contributed by atoms with Gasteiger partial charge in [0.25, 0.3) is 0 Å². The fourth-order valence-electron chi connectivity index (χ4n) is 2.03. The summed E-state index contributed by atoms with van der Waals surface area (Å²) < 4.78 is 1.17. The Labute approximate surface area is 102 Å². The predicted molar refractivity (Wildman–Crippen MR) is 67.9 cm³/mol. The lowest BCUT2D eigenvalue weighted by Gasteiger charge is -2.10. The zero-order chi connectivity index (χ0) is 10.2. The molecule has 0 radical (unpaired) electrons. The molecular weight excluding hydrogens is 304 g/mol. The second-order valence-electron chi connectivity index (χ2n) is 4.51. The van der Waals surface area contributed by atoms with Gasteiger partial charge in [-0.05, 0) is 41.9 Å². The Morgan fingerprint density at radius 3 is 2.50 bits per heavy atom. The summed E-state index contributed by atoms with van der Waals surface area (Å²) in [6, 6.07) is 8.70. The molecule has 1 aliphatic rings. The van der Waals surface area contributed by atoms with Gasteiger partial charge in [0.1, 0.15) is 0 Å². The van der Waals surface area contributed by atoms with Crippen LogP contribution in [0.5, 0.6) is 0 Å². The predicted octanol–water partition coefficient (Wildman–Crippen LogP) is 4.41. The van der Waals surface area contributed by atoms with Crippen LogP contribution in [0.15, 0.2) is 28.7 Å². The summed E-state index contributed by atoms with van der Waals surface area (Å²) in [6.07, 6.45) is 2.59. The lowest BCUT2D eigenvalue weighted by Crippen LogP contribution is -2.03. The van der Waals surface area contributed by atoms with Crippen molar-refractivity contribution in [2.24, 2.45) is 11.3 Å². The Kier molecular flexibility index (Phi) is 3.03. The van der Waals surface area contributed by atoms with E-state index in [0.717, 1.165) is 11.2 Å². The molecule has 2 heteroatoms. The Balaban J connectivity index is 2.02. The summed E-state index contributed by atoms with van der Waals surface area (Å²) in [5, 5.41) is 1.15. The van der Waals surface area contributed by atoms with E-state index in [2.05, 4.69) is 63.0 Å². The Morgan fingerprint density at radius 2 is 2.00 bits per heavy atom. The maximum Gasteiger partial charge on any atom is 0.0175 e. The van der Waals surface area contributed by atoms with Crippen LogP contribution in [0.25, 0.3) is 0 Å². The SMILES string of the molecule is CC1(Cc2ccc(Br)cc2)CC1CBr. The van der Waals surface area contributed by atoms with Crippen LogP contribution in [-0.4, -0.2) is 5.33 Å². The zero-order valence-electron chi connectivity index (χ0n) is 8.26. The molecule has 14 heavy (non-hydrogen) atoms. The third kappa shape index (κ3) is 2.22. The smallest absolute Gasteiger partial charge is 0.0175 e. The van der Waals surface area contributed by atoms with E-state index in [9.17, 15) is 0 Å². The minimum Gasteiger partial charge on any atom is -0.0925 e. The third-order valence-electron chi connectivity index (χ3n) is 3.25. The van der Waals surface area contributed by atoms with E-state index in [4.69, 9.17) is 0 Å². The molecule has 1 aliphatic carbocycles. The maximum atomic E-state index is 3.57. The molecule has 0 aromatic heterocycles. The molecule has 1 aromatic carbocycles. The number of alkyl halides is 1. The first-order valence-electron chi connectivity index (χ1n) is 4.94. The number of rotatable bonds is 3. The van der Waals surface area contributed by atoms with Crippen LogP contribution >= 0.6 is 31.9 Å². The first-order valence-corrected chi connectivity index (χ1v) is 6.86. The first-order chi connectivity index (χ1) is 6.64. The van der Waals surface area contributed by atoms with Gasteiger partial charge in [0, 0.05) is 9.80 Å². The fraction of sp³-hybridized carbons (Fsp3) is 0.500. The number of hydrogen-bond acceptors (Lipinski definition) is 0. The summed E-state index contributed by atoms with van der Waals surface area (Å²) in [7, 11) is 0. The molecule has 76 valence electrons. The molecule has 0 N–H and O–H groups in total. The van der Waals surface area contributed by atoms with Crippen molar-refractivity contribution in [2.75, 3.05) is 5.33 Å². The van der Waals surface area contributed by atoms with Crippen molar-refractivity contribution >= 4 is 31.9 Å². The molecule has 0 spiro atoms. The van der Waals surface area contributed by atoms with Gasteiger partial charge in [-0.1, -0.05) is 50.9 Å². The van der Waals surface area contributed by atoms with E-state index in [1.807, 2.05) is 0 Å². The third-order valence-corrected chi connectivity index (χ3v) is 4.56. The summed E-state index contributed by atoms with van der Waals surface area (Å²) in [5.74, 6) is 0.881. The standard InChI is InChI=1S/C12H14Br2/c1-12(7-10(12)8-13)6-9-2-4-11(14)5-3-9/h2-5,10H,6-8H2,1H3. The molecule has 0 saturated heterocycles. The van der Waals surface area contributed by atoms with Crippen molar-refractivity contribution in [3.8, 4) is 0 Å². The van der Waals surface area contributed by atoms with Gasteiger partial charge in [0.05, 0.1) is 0 Å². The van der Waals surface area contributed by atoms with E-state index in [1.54, 1.807) is 0 Å². The number of halogens is 2. The van der Waals surface area contributed by atoms with Crippen molar-refractivity contribution in [1.29, 1.82) is 0 Å². The molecule has 1 fully saturated rings.